The zero-order valence-electron chi connectivity index (χ0n) is 14.7. The van der Waals surface area contributed by atoms with E-state index < -0.39 is 0 Å². The van der Waals surface area contributed by atoms with Crippen molar-refractivity contribution < 1.29 is 0 Å². The van der Waals surface area contributed by atoms with E-state index >= 15 is 0 Å². The quantitative estimate of drug-likeness (QED) is 0.609. The lowest BCUT2D eigenvalue weighted by molar-refractivity contribution is 0.513. The van der Waals surface area contributed by atoms with Crippen molar-refractivity contribution in [3.63, 3.8) is 0 Å². The van der Waals surface area contributed by atoms with Crippen LogP contribution in [0.2, 0.25) is 0 Å². The highest BCUT2D eigenvalue weighted by atomic mass is 16.2. The van der Waals surface area contributed by atoms with Crippen molar-refractivity contribution >= 4 is 0 Å². The number of H-pyrrole nitrogens is 2. The summed E-state index contributed by atoms with van der Waals surface area (Å²) in [6.07, 6.45) is 8.03. The Labute approximate surface area is 141 Å². The summed E-state index contributed by atoms with van der Waals surface area (Å²) in [5, 5.41) is 13.0. The molecule has 0 aromatic carbocycles. The first-order valence-electron chi connectivity index (χ1n) is 8.95. The fraction of sp³-hybridized carbons (Fsp3) is 0.750. The van der Waals surface area contributed by atoms with Gasteiger partial charge in [-0.3, -0.25) is 9.13 Å². The highest BCUT2D eigenvalue weighted by molar-refractivity contribution is 4.85. The van der Waals surface area contributed by atoms with Crippen LogP contribution in [0.15, 0.2) is 9.59 Å². The summed E-state index contributed by atoms with van der Waals surface area (Å²) in [4.78, 5) is 23.2. The van der Waals surface area contributed by atoms with Gasteiger partial charge < -0.3 is 0 Å². The lowest BCUT2D eigenvalue weighted by Crippen LogP contribution is -2.19. The van der Waals surface area contributed by atoms with E-state index in [9.17, 15) is 9.59 Å². The number of aromatic amines is 2. The first-order valence-corrected chi connectivity index (χ1v) is 8.95. The summed E-state index contributed by atoms with van der Waals surface area (Å²) in [5.74, 6) is 1.66. The minimum atomic E-state index is -0.107. The van der Waals surface area contributed by atoms with Gasteiger partial charge in [0.05, 0.1) is 0 Å². The average molecular weight is 336 g/mol. The standard InChI is InChI=1S/C16H28N6O2/c1-3-13-17-19-15(23)21(13)11-9-7-5-6-8-10-12-22-14(4-2)18-20-16(22)24/h3-12H2,1-2H3,(H,19,23)(H,20,24). The molecule has 134 valence electrons. The first-order chi connectivity index (χ1) is 11.7. The van der Waals surface area contributed by atoms with Gasteiger partial charge in [-0.25, -0.2) is 19.8 Å². The van der Waals surface area contributed by atoms with Crippen LogP contribution in [-0.2, 0) is 25.9 Å². The monoisotopic (exact) mass is 336 g/mol. The van der Waals surface area contributed by atoms with E-state index in [1.54, 1.807) is 9.13 Å². The Balaban J connectivity index is 1.59. The molecule has 0 radical (unpaired) electrons. The van der Waals surface area contributed by atoms with Gasteiger partial charge in [-0.2, -0.15) is 10.2 Å². The number of aromatic nitrogens is 6. The molecule has 0 amide bonds. The highest BCUT2D eigenvalue weighted by Gasteiger charge is 2.06. The number of nitrogens with one attached hydrogen (secondary N) is 2. The third-order valence-electron chi connectivity index (χ3n) is 4.32. The minimum Gasteiger partial charge on any atom is -0.279 e. The second-order valence-electron chi connectivity index (χ2n) is 6.02. The Morgan fingerprint density at radius 1 is 0.708 bits per heavy atom. The van der Waals surface area contributed by atoms with Crippen molar-refractivity contribution in [1.29, 1.82) is 0 Å². The van der Waals surface area contributed by atoms with Crippen LogP contribution in [0.1, 0.15) is 64.0 Å². The molecule has 0 unspecified atom stereocenters. The maximum atomic E-state index is 11.6. The Hall–Kier alpha value is -2.12. The van der Waals surface area contributed by atoms with Gasteiger partial charge in [0.15, 0.2) is 0 Å². The van der Waals surface area contributed by atoms with Crippen molar-refractivity contribution in [2.75, 3.05) is 0 Å². The van der Waals surface area contributed by atoms with Gasteiger partial charge in [0.25, 0.3) is 0 Å². The third kappa shape index (κ3) is 4.69. The van der Waals surface area contributed by atoms with E-state index in [0.717, 1.165) is 76.1 Å². The fourth-order valence-corrected chi connectivity index (χ4v) is 2.95. The molecular weight excluding hydrogens is 308 g/mol. The molecule has 0 aliphatic carbocycles. The molecular formula is C16H28N6O2. The fourth-order valence-electron chi connectivity index (χ4n) is 2.95. The van der Waals surface area contributed by atoms with E-state index in [0.29, 0.717) is 0 Å². The van der Waals surface area contributed by atoms with E-state index in [1.807, 2.05) is 13.8 Å². The van der Waals surface area contributed by atoms with Crippen LogP contribution in [0.4, 0.5) is 0 Å². The molecule has 0 saturated heterocycles. The molecule has 0 spiro atoms. The molecule has 8 nitrogen and oxygen atoms in total. The maximum absolute atomic E-state index is 11.6. The summed E-state index contributed by atoms with van der Waals surface area (Å²) < 4.78 is 3.47. The summed E-state index contributed by atoms with van der Waals surface area (Å²) in [5.41, 5.74) is -0.215. The van der Waals surface area contributed by atoms with Crippen molar-refractivity contribution in [3.05, 3.63) is 32.6 Å². The van der Waals surface area contributed by atoms with E-state index in [2.05, 4.69) is 20.4 Å². The molecule has 0 aliphatic heterocycles. The topological polar surface area (TPSA) is 101 Å². The molecule has 8 heteroatoms. The number of hydrogen-bond acceptors (Lipinski definition) is 4. The summed E-state index contributed by atoms with van der Waals surface area (Å²) >= 11 is 0. The van der Waals surface area contributed by atoms with Gasteiger partial charge in [0.1, 0.15) is 11.6 Å². The SMILES string of the molecule is CCc1n[nH]c(=O)n1CCCCCCCCn1c(CC)n[nH]c1=O. The molecule has 2 heterocycles. The van der Waals surface area contributed by atoms with Gasteiger partial charge in [0, 0.05) is 25.9 Å². The summed E-state index contributed by atoms with van der Waals surface area (Å²) in [6, 6.07) is 0. The molecule has 2 rings (SSSR count). The van der Waals surface area contributed by atoms with E-state index in [4.69, 9.17) is 0 Å². The number of hydrogen-bond donors (Lipinski definition) is 2. The highest BCUT2D eigenvalue weighted by Crippen LogP contribution is 2.08. The zero-order valence-corrected chi connectivity index (χ0v) is 14.7. The van der Waals surface area contributed by atoms with E-state index in [1.165, 1.54) is 0 Å². The van der Waals surface area contributed by atoms with Crippen molar-refractivity contribution in [1.82, 2.24) is 29.5 Å². The Bertz CT molecular complexity index is 661. The van der Waals surface area contributed by atoms with Crippen molar-refractivity contribution in [3.8, 4) is 0 Å². The summed E-state index contributed by atoms with van der Waals surface area (Å²) in [6.45, 7) is 5.48. The van der Waals surface area contributed by atoms with Gasteiger partial charge in [0.2, 0.25) is 0 Å². The smallest absolute Gasteiger partial charge is 0.279 e. The molecule has 2 aromatic heterocycles. The van der Waals surface area contributed by atoms with Crippen molar-refractivity contribution in [2.45, 2.75) is 78.3 Å². The zero-order chi connectivity index (χ0) is 17.4. The maximum Gasteiger partial charge on any atom is 0.343 e. The van der Waals surface area contributed by atoms with Crippen LogP contribution in [0, 0.1) is 0 Å². The van der Waals surface area contributed by atoms with Crippen LogP contribution >= 0.6 is 0 Å². The minimum absolute atomic E-state index is 0.107. The van der Waals surface area contributed by atoms with Gasteiger partial charge >= 0.3 is 11.4 Å². The van der Waals surface area contributed by atoms with Gasteiger partial charge in [-0.15, -0.1) is 0 Å². The van der Waals surface area contributed by atoms with Gasteiger partial charge in [-0.1, -0.05) is 39.5 Å². The molecule has 0 saturated carbocycles. The largest absolute Gasteiger partial charge is 0.343 e. The van der Waals surface area contributed by atoms with Crippen LogP contribution in [0.25, 0.3) is 0 Å². The number of rotatable bonds is 11. The molecule has 0 bridgehead atoms. The van der Waals surface area contributed by atoms with Crippen LogP contribution in [0.3, 0.4) is 0 Å². The molecule has 0 atom stereocenters. The second-order valence-corrected chi connectivity index (χ2v) is 6.02. The molecule has 2 N–H and O–H groups in total. The lowest BCUT2D eigenvalue weighted by Gasteiger charge is -2.05. The lowest BCUT2D eigenvalue weighted by atomic mass is 10.1. The predicted molar refractivity (Wildman–Crippen MR) is 92.2 cm³/mol. The Kier molecular flexibility index (Phi) is 7.02. The average Bonchev–Trinajstić information content (AvgIpc) is 3.12. The molecule has 24 heavy (non-hydrogen) atoms. The first kappa shape index (κ1) is 18.2. The molecule has 0 aliphatic rings. The normalized spacial score (nSPS) is 11.2. The molecule has 2 aromatic rings. The molecule has 0 fully saturated rings. The van der Waals surface area contributed by atoms with Crippen LogP contribution in [0.5, 0.6) is 0 Å². The Morgan fingerprint density at radius 3 is 1.46 bits per heavy atom. The number of aryl methyl sites for hydroxylation is 2. The number of nitrogens with zero attached hydrogens (tertiary/aromatic N) is 4. The second kappa shape index (κ2) is 9.24. The van der Waals surface area contributed by atoms with Gasteiger partial charge in [-0.05, 0) is 12.8 Å². The predicted octanol–water partition coefficient (Wildman–Crippen LogP) is 1.62. The van der Waals surface area contributed by atoms with Crippen LogP contribution < -0.4 is 11.4 Å². The van der Waals surface area contributed by atoms with Crippen LogP contribution in [-0.4, -0.2) is 29.5 Å². The van der Waals surface area contributed by atoms with E-state index in [-0.39, 0.29) is 11.4 Å². The summed E-state index contributed by atoms with van der Waals surface area (Å²) in [7, 11) is 0. The van der Waals surface area contributed by atoms with Crippen molar-refractivity contribution in [2.24, 2.45) is 0 Å². The third-order valence-corrected chi connectivity index (χ3v) is 4.32. The Morgan fingerprint density at radius 2 is 1.08 bits per heavy atom. The number of unbranched alkanes of at least 4 members (excludes halogenated alkanes) is 5.